The van der Waals surface area contributed by atoms with Crippen molar-refractivity contribution in [2.45, 2.75) is 40.3 Å². The standard InChI is InChI=1S/C12H17N3S2/c1-7-5-11(9(3)16-7)8(2)13-6-12-15-14-10(4)17-12/h5,8,13H,6H2,1-4H3/t8-/m1/s1. The second-order valence-electron chi connectivity index (χ2n) is 4.19. The van der Waals surface area contributed by atoms with Gasteiger partial charge < -0.3 is 5.32 Å². The van der Waals surface area contributed by atoms with Crippen LogP contribution in [0.2, 0.25) is 0 Å². The maximum Gasteiger partial charge on any atom is 0.131 e. The number of thiophene rings is 1. The number of rotatable bonds is 4. The lowest BCUT2D eigenvalue weighted by molar-refractivity contribution is 0.570. The second-order valence-corrected chi connectivity index (χ2v) is 6.91. The minimum atomic E-state index is 0.365. The van der Waals surface area contributed by atoms with Gasteiger partial charge in [0.15, 0.2) is 0 Å². The van der Waals surface area contributed by atoms with Crippen molar-refractivity contribution in [2.24, 2.45) is 0 Å². The van der Waals surface area contributed by atoms with E-state index in [0.717, 1.165) is 16.6 Å². The quantitative estimate of drug-likeness (QED) is 0.923. The van der Waals surface area contributed by atoms with Gasteiger partial charge in [-0.05, 0) is 39.3 Å². The van der Waals surface area contributed by atoms with Crippen LogP contribution in [0.4, 0.5) is 0 Å². The summed E-state index contributed by atoms with van der Waals surface area (Å²) in [5.74, 6) is 0. The number of hydrogen-bond donors (Lipinski definition) is 1. The average Bonchev–Trinajstić information content (AvgIpc) is 2.81. The van der Waals surface area contributed by atoms with Gasteiger partial charge in [0.1, 0.15) is 10.0 Å². The molecule has 3 nitrogen and oxygen atoms in total. The van der Waals surface area contributed by atoms with E-state index in [1.54, 1.807) is 11.3 Å². The zero-order chi connectivity index (χ0) is 12.4. The number of nitrogens with zero attached hydrogens (tertiary/aromatic N) is 2. The van der Waals surface area contributed by atoms with E-state index in [1.165, 1.54) is 15.3 Å². The van der Waals surface area contributed by atoms with Crippen LogP contribution >= 0.6 is 22.7 Å². The Balaban J connectivity index is 1.97. The Morgan fingerprint density at radius 1 is 1.24 bits per heavy atom. The predicted molar refractivity (Wildman–Crippen MR) is 73.7 cm³/mol. The molecule has 0 fully saturated rings. The molecular formula is C12H17N3S2. The lowest BCUT2D eigenvalue weighted by atomic mass is 10.1. The molecule has 2 aromatic rings. The van der Waals surface area contributed by atoms with Crippen molar-refractivity contribution < 1.29 is 0 Å². The molecule has 0 aliphatic carbocycles. The first-order valence-corrected chi connectivity index (χ1v) is 7.29. The molecule has 1 atom stereocenters. The fourth-order valence-corrected chi connectivity index (χ4v) is 3.52. The second kappa shape index (κ2) is 5.25. The number of aromatic nitrogens is 2. The van der Waals surface area contributed by atoms with E-state index in [0.29, 0.717) is 6.04 Å². The zero-order valence-corrected chi connectivity index (χ0v) is 12.2. The molecule has 0 bridgehead atoms. The first kappa shape index (κ1) is 12.7. The predicted octanol–water partition coefficient (Wildman–Crippen LogP) is 3.38. The smallest absolute Gasteiger partial charge is 0.131 e. The van der Waals surface area contributed by atoms with Gasteiger partial charge in [-0.15, -0.1) is 32.9 Å². The van der Waals surface area contributed by atoms with Crippen molar-refractivity contribution in [2.75, 3.05) is 0 Å². The summed E-state index contributed by atoms with van der Waals surface area (Å²) >= 11 is 3.51. The van der Waals surface area contributed by atoms with Crippen molar-refractivity contribution in [1.82, 2.24) is 15.5 Å². The van der Waals surface area contributed by atoms with E-state index < -0.39 is 0 Å². The Kier molecular flexibility index (Phi) is 3.91. The Labute approximate surface area is 110 Å². The molecule has 5 heteroatoms. The van der Waals surface area contributed by atoms with Crippen LogP contribution in [0.15, 0.2) is 6.07 Å². The molecule has 0 saturated carbocycles. The molecule has 2 heterocycles. The van der Waals surface area contributed by atoms with Crippen LogP contribution in [0.5, 0.6) is 0 Å². The van der Waals surface area contributed by atoms with Gasteiger partial charge in [-0.3, -0.25) is 0 Å². The van der Waals surface area contributed by atoms with E-state index in [9.17, 15) is 0 Å². The van der Waals surface area contributed by atoms with E-state index >= 15 is 0 Å². The van der Waals surface area contributed by atoms with E-state index in [1.807, 2.05) is 18.3 Å². The highest BCUT2D eigenvalue weighted by atomic mass is 32.1. The lowest BCUT2D eigenvalue weighted by Crippen LogP contribution is -2.18. The van der Waals surface area contributed by atoms with Gasteiger partial charge in [0.25, 0.3) is 0 Å². The SMILES string of the molecule is Cc1cc([C@@H](C)NCc2nnc(C)s2)c(C)s1. The summed E-state index contributed by atoms with van der Waals surface area (Å²) < 4.78 is 0. The third kappa shape index (κ3) is 3.12. The van der Waals surface area contributed by atoms with Gasteiger partial charge >= 0.3 is 0 Å². The zero-order valence-electron chi connectivity index (χ0n) is 10.6. The molecule has 17 heavy (non-hydrogen) atoms. The summed E-state index contributed by atoms with van der Waals surface area (Å²) in [7, 11) is 0. The lowest BCUT2D eigenvalue weighted by Gasteiger charge is -2.12. The molecule has 2 rings (SSSR count). The minimum absolute atomic E-state index is 0.365. The molecule has 0 saturated heterocycles. The van der Waals surface area contributed by atoms with Crippen molar-refractivity contribution in [1.29, 1.82) is 0 Å². The Morgan fingerprint density at radius 3 is 2.53 bits per heavy atom. The van der Waals surface area contributed by atoms with Crippen molar-refractivity contribution in [3.63, 3.8) is 0 Å². The first-order valence-electron chi connectivity index (χ1n) is 5.65. The highest BCUT2D eigenvalue weighted by molar-refractivity contribution is 7.12. The van der Waals surface area contributed by atoms with Crippen molar-refractivity contribution >= 4 is 22.7 Å². The highest BCUT2D eigenvalue weighted by Crippen LogP contribution is 2.26. The summed E-state index contributed by atoms with van der Waals surface area (Å²) in [6, 6.07) is 2.63. The van der Waals surface area contributed by atoms with E-state index in [-0.39, 0.29) is 0 Å². The van der Waals surface area contributed by atoms with Crippen LogP contribution in [0, 0.1) is 20.8 Å². The van der Waals surface area contributed by atoms with Crippen molar-refractivity contribution in [3.05, 3.63) is 31.4 Å². The molecule has 0 aromatic carbocycles. The summed E-state index contributed by atoms with van der Waals surface area (Å²) in [6.07, 6.45) is 0. The monoisotopic (exact) mass is 267 g/mol. The molecule has 0 aliphatic heterocycles. The molecule has 92 valence electrons. The average molecular weight is 267 g/mol. The topological polar surface area (TPSA) is 37.8 Å². The van der Waals surface area contributed by atoms with Crippen LogP contribution in [-0.2, 0) is 6.54 Å². The van der Waals surface area contributed by atoms with Gasteiger partial charge in [0.2, 0.25) is 0 Å². The van der Waals surface area contributed by atoms with Crippen LogP contribution in [0.25, 0.3) is 0 Å². The summed E-state index contributed by atoms with van der Waals surface area (Å²) in [6.45, 7) is 9.31. The highest BCUT2D eigenvalue weighted by Gasteiger charge is 2.11. The van der Waals surface area contributed by atoms with E-state index in [4.69, 9.17) is 0 Å². The molecular weight excluding hydrogens is 250 g/mol. The maximum absolute atomic E-state index is 4.12. The Hall–Kier alpha value is -0.780. The fourth-order valence-electron chi connectivity index (χ4n) is 1.84. The first-order chi connectivity index (χ1) is 8.06. The maximum atomic E-state index is 4.12. The molecule has 0 unspecified atom stereocenters. The van der Waals surface area contributed by atoms with Crippen molar-refractivity contribution in [3.8, 4) is 0 Å². The Bertz CT molecular complexity index is 502. The fraction of sp³-hybridized carbons (Fsp3) is 0.500. The molecule has 0 spiro atoms. The summed E-state index contributed by atoms with van der Waals surface area (Å²) in [4.78, 5) is 2.77. The molecule has 0 amide bonds. The largest absolute Gasteiger partial charge is 0.304 e. The molecule has 1 N–H and O–H groups in total. The number of hydrogen-bond acceptors (Lipinski definition) is 5. The Morgan fingerprint density at radius 2 is 2.00 bits per heavy atom. The number of nitrogens with one attached hydrogen (secondary N) is 1. The summed E-state index contributed by atoms with van der Waals surface area (Å²) in [5, 5.41) is 13.7. The van der Waals surface area contributed by atoms with Crippen LogP contribution in [0.1, 0.15) is 38.3 Å². The van der Waals surface area contributed by atoms with Gasteiger partial charge in [0, 0.05) is 15.8 Å². The molecule has 0 aliphatic rings. The van der Waals surface area contributed by atoms with Crippen LogP contribution in [-0.4, -0.2) is 10.2 Å². The normalized spacial score (nSPS) is 12.9. The van der Waals surface area contributed by atoms with Gasteiger partial charge in [0.05, 0.1) is 6.54 Å². The van der Waals surface area contributed by atoms with Crippen LogP contribution < -0.4 is 5.32 Å². The number of aryl methyl sites for hydroxylation is 3. The molecule has 2 aromatic heterocycles. The third-order valence-electron chi connectivity index (χ3n) is 2.67. The van der Waals surface area contributed by atoms with E-state index in [2.05, 4.69) is 42.4 Å². The van der Waals surface area contributed by atoms with Gasteiger partial charge in [-0.2, -0.15) is 0 Å². The third-order valence-corrected chi connectivity index (χ3v) is 4.49. The minimum Gasteiger partial charge on any atom is -0.304 e. The summed E-state index contributed by atoms with van der Waals surface area (Å²) in [5.41, 5.74) is 1.40. The molecule has 0 radical (unpaired) electrons. The van der Waals surface area contributed by atoms with Gasteiger partial charge in [-0.25, -0.2) is 0 Å². The van der Waals surface area contributed by atoms with Gasteiger partial charge in [-0.1, -0.05) is 0 Å². The van der Waals surface area contributed by atoms with Crippen LogP contribution in [0.3, 0.4) is 0 Å².